The first-order chi connectivity index (χ1) is 9.77. The van der Waals surface area contributed by atoms with Gasteiger partial charge in [0.2, 0.25) is 0 Å². The lowest BCUT2D eigenvalue weighted by Crippen LogP contribution is -2.07. The summed E-state index contributed by atoms with van der Waals surface area (Å²) < 4.78 is 38.7. The summed E-state index contributed by atoms with van der Waals surface area (Å²) in [5, 5.41) is 3.65. The highest BCUT2D eigenvalue weighted by molar-refractivity contribution is 9.10. The van der Waals surface area contributed by atoms with Crippen molar-refractivity contribution in [3.63, 3.8) is 0 Å². The molecule has 0 aliphatic heterocycles. The van der Waals surface area contributed by atoms with Crippen molar-refractivity contribution in [3.8, 4) is 0 Å². The largest absolute Gasteiger partial charge is 0.416 e. The zero-order valence-electron chi connectivity index (χ0n) is 11.1. The molecular formula is C15H12BrClF3N. The molecule has 0 bridgehead atoms. The smallest absolute Gasteiger partial charge is 0.380 e. The van der Waals surface area contributed by atoms with Crippen LogP contribution in [0.5, 0.6) is 0 Å². The molecule has 0 aliphatic rings. The molecule has 1 nitrogen and oxygen atoms in total. The molecule has 6 heteroatoms. The molecule has 0 spiro atoms. The Kier molecular flexibility index (Phi) is 4.84. The molecule has 0 fully saturated rings. The molecule has 0 saturated carbocycles. The van der Waals surface area contributed by atoms with Gasteiger partial charge in [-0.15, -0.1) is 0 Å². The maximum atomic E-state index is 12.7. The van der Waals surface area contributed by atoms with E-state index >= 15 is 0 Å². The fourth-order valence-electron chi connectivity index (χ4n) is 1.89. The van der Waals surface area contributed by atoms with E-state index in [1.807, 2.05) is 19.1 Å². The molecule has 0 saturated heterocycles. The lowest BCUT2D eigenvalue weighted by molar-refractivity contribution is -0.137. The van der Waals surface area contributed by atoms with Crippen LogP contribution in [0.15, 0.2) is 40.9 Å². The Morgan fingerprint density at radius 1 is 1.14 bits per heavy atom. The van der Waals surface area contributed by atoms with Crippen molar-refractivity contribution in [2.75, 3.05) is 5.32 Å². The van der Waals surface area contributed by atoms with Gasteiger partial charge >= 0.3 is 6.18 Å². The van der Waals surface area contributed by atoms with Crippen molar-refractivity contribution >= 4 is 33.2 Å². The van der Waals surface area contributed by atoms with Crippen LogP contribution >= 0.6 is 27.5 Å². The molecule has 2 rings (SSSR count). The second-order valence-electron chi connectivity index (χ2n) is 4.62. The summed E-state index contributed by atoms with van der Waals surface area (Å²) in [4.78, 5) is 0. The van der Waals surface area contributed by atoms with Crippen LogP contribution in [-0.4, -0.2) is 0 Å². The van der Waals surface area contributed by atoms with Gasteiger partial charge in [-0.25, -0.2) is 0 Å². The first kappa shape index (κ1) is 16.2. The predicted molar refractivity (Wildman–Crippen MR) is 82.7 cm³/mol. The Bertz CT molecular complexity index is 656. The van der Waals surface area contributed by atoms with Gasteiger partial charge in [0.25, 0.3) is 0 Å². The molecule has 0 amide bonds. The average molecular weight is 379 g/mol. The fraction of sp³-hybridized carbons (Fsp3) is 0.200. The first-order valence-electron chi connectivity index (χ1n) is 6.13. The SMILES string of the molecule is Cc1cc(Cl)ccc1CNc1cc(C(F)(F)F)ccc1Br. The van der Waals surface area contributed by atoms with E-state index < -0.39 is 11.7 Å². The average Bonchev–Trinajstić information content (AvgIpc) is 2.38. The maximum absolute atomic E-state index is 12.7. The minimum Gasteiger partial charge on any atom is -0.380 e. The number of aryl methyl sites for hydroxylation is 1. The van der Waals surface area contributed by atoms with Crippen LogP contribution in [0, 0.1) is 6.92 Å². The molecule has 2 aromatic rings. The van der Waals surface area contributed by atoms with E-state index in [9.17, 15) is 13.2 Å². The van der Waals surface area contributed by atoms with Gasteiger partial charge in [-0.1, -0.05) is 17.7 Å². The van der Waals surface area contributed by atoms with Crippen LogP contribution in [0.25, 0.3) is 0 Å². The summed E-state index contributed by atoms with van der Waals surface area (Å²) in [5.74, 6) is 0. The lowest BCUT2D eigenvalue weighted by atomic mass is 10.1. The first-order valence-corrected chi connectivity index (χ1v) is 7.30. The normalized spacial score (nSPS) is 11.5. The third-order valence-electron chi connectivity index (χ3n) is 3.07. The Hall–Kier alpha value is -1.20. The zero-order chi connectivity index (χ0) is 15.6. The van der Waals surface area contributed by atoms with Crippen LogP contribution in [0.4, 0.5) is 18.9 Å². The highest BCUT2D eigenvalue weighted by Crippen LogP contribution is 2.34. The summed E-state index contributed by atoms with van der Waals surface area (Å²) in [7, 11) is 0. The summed E-state index contributed by atoms with van der Waals surface area (Å²) >= 11 is 9.13. The van der Waals surface area contributed by atoms with Crippen LogP contribution in [0.2, 0.25) is 5.02 Å². The molecule has 0 unspecified atom stereocenters. The fourth-order valence-corrected chi connectivity index (χ4v) is 2.50. The van der Waals surface area contributed by atoms with E-state index in [0.29, 0.717) is 21.7 Å². The van der Waals surface area contributed by atoms with Crippen molar-refractivity contribution in [1.82, 2.24) is 0 Å². The van der Waals surface area contributed by atoms with Gasteiger partial charge < -0.3 is 5.32 Å². The lowest BCUT2D eigenvalue weighted by Gasteiger charge is -2.13. The third kappa shape index (κ3) is 4.14. The molecule has 21 heavy (non-hydrogen) atoms. The molecular weight excluding hydrogens is 367 g/mol. The van der Waals surface area contributed by atoms with Gasteiger partial charge in [-0.2, -0.15) is 13.2 Å². The Labute approximate surface area is 134 Å². The Balaban J connectivity index is 2.19. The zero-order valence-corrected chi connectivity index (χ0v) is 13.4. The summed E-state index contributed by atoms with van der Waals surface area (Å²) in [6.45, 7) is 2.33. The van der Waals surface area contributed by atoms with Gasteiger partial charge in [0.15, 0.2) is 0 Å². The highest BCUT2D eigenvalue weighted by Gasteiger charge is 2.30. The molecule has 2 aromatic carbocycles. The minimum atomic E-state index is -4.35. The second kappa shape index (κ2) is 6.28. The number of hydrogen-bond acceptors (Lipinski definition) is 1. The third-order valence-corrected chi connectivity index (χ3v) is 3.99. The van der Waals surface area contributed by atoms with Gasteiger partial charge in [-0.05, 0) is 64.3 Å². The van der Waals surface area contributed by atoms with E-state index in [1.54, 1.807) is 6.07 Å². The molecule has 0 aliphatic carbocycles. The second-order valence-corrected chi connectivity index (χ2v) is 5.91. The van der Waals surface area contributed by atoms with Gasteiger partial charge in [0, 0.05) is 21.7 Å². The maximum Gasteiger partial charge on any atom is 0.416 e. The van der Waals surface area contributed by atoms with Crippen LogP contribution < -0.4 is 5.32 Å². The van der Waals surface area contributed by atoms with Crippen molar-refractivity contribution in [3.05, 3.63) is 62.6 Å². The number of alkyl halides is 3. The molecule has 0 radical (unpaired) electrons. The topological polar surface area (TPSA) is 12.0 Å². The molecule has 0 aromatic heterocycles. The van der Waals surface area contributed by atoms with E-state index in [1.165, 1.54) is 6.07 Å². The van der Waals surface area contributed by atoms with E-state index in [-0.39, 0.29) is 0 Å². The summed E-state index contributed by atoms with van der Waals surface area (Å²) in [6, 6.07) is 8.96. The minimum absolute atomic E-state index is 0.402. The highest BCUT2D eigenvalue weighted by atomic mass is 79.9. The van der Waals surface area contributed by atoms with Gasteiger partial charge in [0.1, 0.15) is 0 Å². The molecule has 1 N–H and O–H groups in total. The molecule has 112 valence electrons. The monoisotopic (exact) mass is 377 g/mol. The van der Waals surface area contributed by atoms with Crippen molar-refractivity contribution in [1.29, 1.82) is 0 Å². The van der Waals surface area contributed by atoms with Crippen LogP contribution in [0.1, 0.15) is 16.7 Å². The molecule has 0 atom stereocenters. The van der Waals surface area contributed by atoms with Gasteiger partial charge in [-0.3, -0.25) is 0 Å². The Morgan fingerprint density at radius 2 is 1.86 bits per heavy atom. The van der Waals surface area contributed by atoms with E-state index in [0.717, 1.165) is 23.3 Å². The number of benzene rings is 2. The predicted octanol–water partition coefficient (Wildman–Crippen LogP) is 6.04. The van der Waals surface area contributed by atoms with E-state index in [4.69, 9.17) is 11.6 Å². The summed E-state index contributed by atoms with van der Waals surface area (Å²) in [6.07, 6.45) is -4.35. The van der Waals surface area contributed by atoms with Crippen LogP contribution in [0.3, 0.4) is 0 Å². The van der Waals surface area contributed by atoms with Crippen LogP contribution in [-0.2, 0) is 12.7 Å². The van der Waals surface area contributed by atoms with Crippen molar-refractivity contribution < 1.29 is 13.2 Å². The van der Waals surface area contributed by atoms with Crippen molar-refractivity contribution in [2.45, 2.75) is 19.6 Å². The number of anilines is 1. The quantitative estimate of drug-likeness (QED) is 0.686. The number of halogens is 5. The van der Waals surface area contributed by atoms with Crippen molar-refractivity contribution in [2.24, 2.45) is 0 Å². The Morgan fingerprint density at radius 3 is 2.48 bits per heavy atom. The summed E-state index contributed by atoms with van der Waals surface area (Å²) in [5.41, 5.74) is 1.68. The van der Waals surface area contributed by atoms with Gasteiger partial charge in [0.05, 0.1) is 5.56 Å². The molecule has 0 heterocycles. The number of hydrogen-bond donors (Lipinski definition) is 1. The number of rotatable bonds is 3. The standard InChI is InChI=1S/C15H12BrClF3N/c1-9-6-12(17)4-2-10(9)8-21-14-7-11(15(18,19)20)3-5-13(14)16/h2-7,21H,8H2,1H3. The number of nitrogens with one attached hydrogen (secondary N) is 1. The van der Waals surface area contributed by atoms with E-state index in [2.05, 4.69) is 21.2 Å².